The Balaban J connectivity index is 2.23. The van der Waals surface area contributed by atoms with E-state index in [1.165, 1.54) is 24.3 Å². The molecule has 1 amide bonds. The number of ether oxygens (including phenoxy) is 1. The first-order valence-electron chi connectivity index (χ1n) is 4.98. The van der Waals surface area contributed by atoms with Crippen LogP contribution >= 0.6 is 0 Å². The Bertz CT molecular complexity index is 327. The average Bonchev–Trinajstić information content (AvgIpc) is 2.29. The van der Waals surface area contributed by atoms with Crippen molar-refractivity contribution in [2.45, 2.75) is 6.42 Å². The van der Waals surface area contributed by atoms with Crippen LogP contribution in [0.4, 0.5) is 4.39 Å². The van der Waals surface area contributed by atoms with Crippen molar-refractivity contribution in [1.29, 1.82) is 0 Å². The Morgan fingerprint density at radius 3 is 2.69 bits per heavy atom. The number of carbonyl (C=O) groups excluding carboxylic acids is 1. The SMILES string of the molecule is O=C(COc1ccc(F)cc1)NCCCO. The second kappa shape index (κ2) is 6.79. The summed E-state index contributed by atoms with van der Waals surface area (Å²) in [6.07, 6.45) is 0.516. The predicted molar refractivity (Wildman–Crippen MR) is 56.6 cm³/mol. The highest BCUT2D eigenvalue weighted by atomic mass is 19.1. The van der Waals surface area contributed by atoms with Crippen molar-refractivity contribution in [3.63, 3.8) is 0 Å². The first-order chi connectivity index (χ1) is 7.72. The molecule has 0 unspecified atom stereocenters. The average molecular weight is 227 g/mol. The Labute approximate surface area is 93.0 Å². The van der Waals surface area contributed by atoms with Gasteiger partial charge in [-0.2, -0.15) is 0 Å². The summed E-state index contributed by atoms with van der Waals surface area (Å²) in [7, 11) is 0. The standard InChI is InChI=1S/C11H14FNO3/c12-9-2-4-10(5-3-9)16-8-11(15)13-6-1-7-14/h2-5,14H,1,6-8H2,(H,13,15). The Kier molecular flexibility index (Phi) is 5.28. The maximum atomic E-state index is 12.5. The molecule has 4 nitrogen and oxygen atoms in total. The van der Waals surface area contributed by atoms with E-state index in [2.05, 4.69) is 5.32 Å². The minimum atomic E-state index is -0.347. The Hall–Kier alpha value is -1.62. The van der Waals surface area contributed by atoms with Crippen molar-refractivity contribution in [1.82, 2.24) is 5.32 Å². The maximum Gasteiger partial charge on any atom is 0.257 e. The summed E-state index contributed by atoms with van der Waals surface area (Å²) in [6.45, 7) is 0.346. The minimum Gasteiger partial charge on any atom is -0.484 e. The highest BCUT2D eigenvalue weighted by Gasteiger charge is 2.01. The molecule has 0 radical (unpaired) electrons. The fraction of sp³-hybridized carbons (Fsp3) is 0.364. The third kappa shape index (κ3) is 4.75. The number of aliphatic hydroxyl groups is 1. The van der Waals surface area contributed by atoms with E-state index in [0.717, 1.165) is 0 Å². The number of hydrogen-bond donors (Lipinski definition) is 2. The van der Waals surface area contributed by atoms with Crippen LogP contribution in [0.15, 0.2) is 24.3 Å². The van der Waals surface area contributed by atoms with E-state index in [9.17, 15) is 9.18 Å². The summed E-state index contributed by atoms with van der Waals surface area (Å²) in [6, 6.07) is 5.44. The van der Waals surface area contributed by atoms with Crippen LogP contribution in [0.5, 0.6) is 5.75 Å². The van der Waals surface area contributed by atoms with Crippen LogP contribution in [0.25, 0.3) is 0 Å². The highest BCUT2D eigenvalue weighted by molar-refractivity contribution is 5.77. The van der Waals surface area contributed by atoms with E-state index in [-0.39, 0.29) is 24.9 Å². The van der Waals surface area contributed by atoms with E-state index in [0.29, 0.717) is 18.7 Å². The van der Waals surface area contributed by atoms with E-state index in [4.69, 9.17) is 9.84 Å². The first kappa shape index (κ1) is 12.4. The fourth-order valence-corrected chi connectivity index (χ4v) is 1.04. The Morgan fingerprint density at radius 1 is 1.38 bits per heavy atom. The van der Waals surface area contributed by atoms with Crippen molar-refractivity contribution in [2.75, 3.05) is 19.8 Å². The number of hydrogen-bond acceptors (Lipinski definition) is 3. The Morgan fingerprint density at radius 2 is 2.06 bits per heavy atom. The van der Waals surface area contributed by atoms with Gasteiger partial charge >= 0.3 is 0 Å². The zero-order chi connectivity index (χ0) is 11.8. The second-order valence-electron chi connectivity index (χ2n) is 3.17. The molecule has 0 atom stereocenters. The molecule has 0 fully saturated rings. The molecular formula is C11H14FNO3. The van der Waals surface area contributed by atoms with Crippen LogP contribution in [-0.2, 0) is 4.79 Å². The van der Waals surface area contributed by atoms with Gasteiger partial charge in [0.2, 0.25) is 0 Å². The van der Waals surface area contributed by atoms with Gasteiger partial charge in [-0.15, -0.1) is 0 Å². The van der Waals surface area contributed by atoms with E-state index in [1.54, 1.807) is 0 Å². The predicted octanol–water partition coefficient (Wildman–Crippen LogP) is 0.703. The molecule has 1 aromatic rings. The largest absolute Gasteiger partial charge is 0.484 e. The highest BCUT2D eigenvalue weighted by Crippen LogP contribution is 2.10. The van der Waals surface area contributed by atoms with Crippen LogP contribution in [-0.4, -0.2) is 30.8 Å². The second-order valence-corrected chi connectivity index (χ2v) is 3.17. The first-order valence-corrected chi connectivity index (χ1v) is 4.98. The topological polar surface area (TPSA) is 58.6 Å². The van der Waals surface area contributed by atoms with Crippen LogP contribution in [0.3, 0.4) is 0 Å². The van der Waals surface area contributed by atoms with Gasteiger partial charge < -0.3 is 15.2 Å². The number of amides is 1. The maximum absolute atomic E-state index is 12.5. The summed E-state index contributed by atoms with van der Waals surface area (Å²) in [5.74, 6) is -0.170. The molecule has 1 aromatic carbocycles. The van der Waals surface area contributed by atoms with Gasteiger partial charge in [-0.25, -0.2) is 4.39 Å². The smallest absolute Gasteiger partial charge is 0.257 e. The fourth-order valence-electron chi connectivity index (χ4n) is 1.04. The number of benzene rings is 1. The quantitative estimate of drug-likeness (QED) is 0.703. The molecule has 0 saturated carbocycles. The lowest BCUT2D eigenvalue weighted by atomic mass is 10.3. The number of nitrogens with one attached hydrogen (secondary N) is 1. The lowest BCUT2D eigenvalue weighted by Crippen LogP contribution is -2.30. The van der Waals surface area contributed by atoms with E-state index >= 15 is 0 Å². The van der Waals surface area contributed by atoms with Gasteiger partial charge in [0.1, 0.15) is 11.6 Å². The van der Waals surface area contributed by atoms with Gasteiger partial charge in [0, 0.05) is 13.2 Å². The molecule has 5 heteroatoms. The van der Waals surface area contributed by atoms with Crippen LogP contribution in [0.1, 0.15) is 6.42 Å². The molecule has 0 heterocycles. The minimum absolute atomic E-state index is 0.0408. The van der Waals surface area contributed by atoms with E-state index in [1.807, 2.05) is 0 Å². The molecule has 2 N–H and O–H groups in total. The van der Waals surface area contributed by atoms with Crippen molar-refractivity contribution in [3.8, 4) is 5.75 Å². The third-order valence-electron chi connectivity index (χ3n) is 1.84. The summed E-state index contributed by atoms with van der Waals surface area (Å²) in [4.78, 5) is 11.2. The number of halogens is 1. The number of rotatable bonds is 6. The molecule has 0 spiro atoms. The molecule has 88 valence electrons. The van der Waals surface area contributed by atoms with Crippen molar-refractivity contribution in [3.05, 3.63) is 30.1 Å². The van der Waals surface area contributed by atoms with Crippen molar-refractivity contribution >= 4 is 5.91 Å². The zero-order valence-electron chi connectivity index (χ0n) is 8.78. The molecule has 0 saturated heterocycles. The summed E-state index contributed by atoms with van der Waals surface area (Å²) in [5, 5.41) is 11.1. The molecule has 16 heavy (non-hydrogen) atoms. The molecule has 0 aliphatic carbocycles. The van der Waals surface area contributed by atoms with Crippen LogP contribution in [0, 0.1) is 5.82 Å². The number of aliphatic hydroxyl groups excluding tert-OH is 1. The number of carbonyl (C=O) groups is 1. The van der Waals surface area contributed by atoms with Gasteiger partial charge in [0.25, 0.3) is 5.91 Å². The van der Waals surface area contributed by atoms with Crippen LogP contribution in [0.2, 0.25) is 0 Å². The molecule has 0 aliphatic rings. The molecule has 1 rings (SSSR count). The molecule has 0 aromatic heterocycles. The summed E-state index contributed by atoms with van der Waals surface area (Å²) < 4.78 is 17.6. The van der Waals surface area contributed by atoms with Crippen LogP contribution < -0.4 is 10.1 Å². The molecule has 0 aliphatic heterocycles. The molecule has 0 bridgehead atoms. The zero-order valence-corrected chi connectivity index (χ0v) is 8.78. The van der Waals surface area contributed by atoms with Gasteiger partial charge in [0.05, 0.1) is 0 Å². The normalized spacial score (nSPS) is 9.88. The molecular weight excluding hydrogens is 213 g/mol. The third-order valence-corrected chi connectivity index (χ3v) is 1.84. The van der Waals surface area contributed by atoms with E-state index < -0.39 is 0 Å². The van der Waals surface area contributed by atoms with Gasteiger partial charge in [-0.3, -0.25) is 4.79 Å². The van der Waals surface area contributed by atoms with Crippen molar-refractivity contribution < 1.29 is 19.0 Å². The van der Waals surface area contributed by atoms with Gasteiger partial charge in [0.15, 0.2) is 6.61 Å². The lowest BCUT2D eigenvalue weighted by Gasteiger charge is -2.06. The summed E-state index contributed by atoms with van der Waals surface area (Å²) in [5.41, 5.74) is 0. The summed E-state index contributed by atoms with van der Waals surface area (Å²) >= 11 is 0. The van der Waals surface area contributed by atoms with Gasteiger partial charge in [-0.1, -0.05) is 0 Å². The van der Waals surface area contributed by atoms with Gasteiger partial charge in [-0.05, 0) is 30.7 Å². The van der Waals surface area contributed by atoms with Crippen molar-refractivity contribution in [2.24, 2.45) is 0 Å². The monoisotopic (exact) mass is 227 g/mol. The lowest BCUT2D eigenvalue weighted by molar-refractivity contribution is -0.123.